The van der Waals surface area contributed by atoms with Crippen molar-refractivity contribution in [2.45, 2.75) is 13.5 Å². The molecule has 0 amide bonds. The smallest absolute Gasteiger partial charge is 0.338 e. The number of nitro groups is 1. The average molecular weight is 344 g/mol. The molecule has 0 spiro atoms. The number of rotatable bonds is 8. The van der Waals surface area contributed by atoms with E-state index in [2.05, 4.69) is 5.32 Å². The number of esters is 1. The second-order valence-corrected chi connectivity index (χ2v) is 5.47. The summed E-state index contributed by atoms with van der Waals surface area (Å²) in [6.07, 6.45) is 0. The van der Waals surface area contributed by atoms with E-state index in [1.807, 2.05) is 31.2 Å². The molecular formula is C18H20N2O5. The minimum absolute atomic E-state index is 0.112. The maximum atomic E-state index is 12.1. The molecule has 0 heterocycles. The van der Waals surface area contributed by atoms with Crippen LogP contribution in [-0.4, -0.2) is 31.2 Å². The summed E-state index contributed by atoms with van der Waals surface area (Å²) >= 11 is 0. The van der Waals surface area contributed by atoms with Crippen LogP contribution in [0.3, 0.4) is 0 Å². The van der Waals surface area contributed by atoms with Gasteiger partial charge in [0.1, 0.15) is 12.3 Å². The molecule has 0 aliphatic heterocycles. The fourth-order valence-electron chi connectivity index (χ4n) is 2.16. The minimum atomic E-state index is -0.605. The van der Waals surface area contributed by atoms with Crippen LogP contribution in [0.2, 0.25) is 0 Å². The predicted octanol–water partition coefficient (Wildman–Crippen LogP) is 3.32. The Hall–Kier alpha value is -2.93. The molecule has 0 radical (unpaired) electrons. The van der Waals surface area contributed by atoms with Gasteiger partial charge in [0.2, 0.25) is 0 Å². The molecule has 0 fully saturated rings. The summed E-state index contributed by atoms with van der Waals surface area (Å²) in [7, 11) is 1.54. The number of methoxy groups -OCH3 is 1. The number of nitrogens with one attached hydrogen (secondary N) is 1. The van der Waals surface area contributed by atoms with E-state index in [1.54, 1.807) is 7.11 Å². The van der Waals surface area contributed by atoms with E-state index in [0.29, 0.717) is 18.8 Å². The molecule has 7 nitrogen and oxygen atoms in total. The first kappa shape index (κ1) is 18.4. The predicted molar refractivity (Wildman–Crippen MR) is 93.8 cm³/mol. The summed E-state index contributed by atoms with van der Waals surface area (Å²) in [6.45, 7) is 2.92. The molecule has 7 heteroatoms. The Kier molecular flexibility index (Phi) is 6.47. The van der Waals surface area contributed by atoms with E-state index in [1.165, 1.54) is 18.2 Å². The number of anilines is 1. The minimum Gasteiger partial charge on any atom is -0.457 e. The molecule has 25 heavy (non-hydrogen) atoms. The highest BCUT2D eigenvalue weighted by atomic mass is 16.6. The highest BCUT2D eigenvalue weighted by Gasteiger charge is 2.18. The summed E-state index contributed by atoms with van der Waals surface area (Å²) in [4.78, 5) is 22.8. The van der Waals surface area contributed by atoms with Gasteiger partial charge in [0.05, 0.1) is 17.1 Å². The molecule has 0 bridgehead atoms. The van der Waals surface area contributed by atoms with Gasteiger partial charge in [-0.1, -0.05) is 29.8 Å². The number of ether oxygens (including phenoxy) is 2. The number of carbonyl (C=O) groups excluding carboxylic acids is 1. The largest absolute Gasteiger partial charge is 0.457 e. The van der Waals surface area contributed by atoms with Gasteiger partial charge in [0, 0.05) is 19.7 Å². The number of hydrogen-bond acceptors (Lipinski definition) is 6. The van der Waals surface area contributed by atoms with Crippen LogP contribution in [0.15, 0.2) is 42.5 Å². The Morgan fingerprint density at radius 1 is 1.20 bits per heavy atom. The molecule has 0 saturated heterocycles. The Labute approximate surface area is 145 Å². The molecule has 0 saturated carbocycles. The van der Waals surface area contributed by atoms with E-state index in [9.17, 15) is 14.9 Å². The van der Waals surface area contributed by atoms with Crippen molar-refractivity contribution >= 4 is 17.3 Å². The van der Waals surface area contributed by atoms with Gasteiger partial charge in [-0.3, -0.25) is 10.1 Å². The standard InChI is InChI=1S/C18H20N2O5/c1-13-3-5-14(6-4-13)12-25-18(21)15-7-8-16(19-9-10-24-2)17(11-15)20(22)23/h3-8,11,19H,9-10,12H2,1-2H3. The van der Waals surface area contributed by atoms with Gasteiger partial charge in [-0.25, -0.2) is 4.79 Å². The first-order chi connectivity index (χ1) is 12.0. The Balaban J connectivity index is 2.07. The molecule has 1 N–H and O–H groups in total. The van der Waals surface area contributed by atoms with Crippen molar-refractivity contribution in [3.63, 3.8) is 0 Å². The normalized spacial score (nSPS) is 10.3. The lowest BCUT2D eigenvalue weighted by molar-refractivity contribution is -0.384. The zero-order chi connectivity index (χ0) is 18.2. The van der Waals surface area contributed by atoms with Crippen molar-refractivity contribution in [3.8, 4) is 0 Å². The summed E-state index contributed by atoms with van der Waals surface area (Å²) in [6, 6.07) is 11.8. The fraction of sp³-hybridized carbons (Fsp3) is 0.278. The monoisotopic (exact) mass is 344 g/mol. The molecule has 0 unspecified atom stereocenters. The number of aryl methyl sites for hydroxylation is 1. The Morgan fingerprint density at radius 2 is 1.92 bits per heavy atom. The molecule has 0 aliphatic carbocycles. The summed E-state index contributed by atoms with van der Waals surface area (Å²) in [5, 5.41) is 14.1. The fourth-order valence-corrected chi connectivity index (χ4v) is 2.16. The average Bonchev–Trinajstić information content (AvgIpc) is 2.61. The van der Waals surface area contributed by atoms with E-state index in [0.717, 1.165) is 11.1 Å². The molecule has 2 aromatic carbocycles. The number of nitrogens with zero attached hydrogens (tertiary/aromatic N) is 1. The van der Waals surface area contributed by atoms with Crippen LogP contribution in [0, 0.1) is 17.0 Å². The van der Waals surface area contributed by atoms with Gasteiger partial charge < -0.3 is 14.8 Å². The molecule has 2 rings (SSSR count). The molecule has 0 aromatic heterocycles. The number of nitro benzene ring substituents is 1. The number of benzene rings is 2. The maximum Gasteiger partial charge on any atom is 0.338 e. The van der Waals surface area contributed by atoms with Gasteiger partial charge in [-0.2, -0.15) is 0 Å². The molecular weight excluding hydrogens is 324 g/mol. The SMILES string of the molecule is COCCNc1ccc(C(=O)OCc2ccc(C)cc2)cc1[N+](=O)[O-]. The quantitative estimate of drug-likeness (QED) is 0.342. The maximum absolute atomic E-state index is 12.1. The van der Waals surface area contributed by atoms with Crippen LogP contribution in [0.25, 0.3) is 0 Å². The van der Waals surface area contributed by atoms with Crippen molar-refractivity contribution in [2.75, 3.05) is 25.6 Å². The summed E-state index contributed by atoms with van der Waals surface area (Å²) in [5.74, 6) is -0.605. The lowest BCUT2D eigenvalue weighted by Gasteiger charge is -2.09. The first-order valence-electron chi connectivity index (χ1n) is 7.75. The van der Waals surface area contributed by atoms with Crippen LogP contribution in [0.4, 0.5) is 11.4 Å². The van der Waals surface area contributed by atoms with Gasteiger partial charge in [0.15, 0.2) is 0 Å². The molecule has 0 aliphatic rings. The highest BCUT2D eigenvalue weighted by Crippen LogP contribution is 2.26. The topological polar surface area (TPSA) is 90.7 Å². The Morgan fingerprint density at radius 3 is 2.56 bits per heavy atom. The lowest BCUT2D eigenvalue weighted by atomic mass is 10.1. The zero-order valence-electron chi connectivity index (χ0n) is 14.2. The second-order valence-electron chi connectivity index (χ2n) is 5.47. The van der Waals surface area contributed by atoms with Gasteiger partial charge in [0.25, 0.3) is 5.69 Å². The van der Waals surface area contributed by atoms with Crippen molar-refractivity contribution in [2.24, 2.45) is 0 Å². The molecule has 132 valence electrons. The van der Waals surface area contributed by atoms with Crippen molar-refractivity contribution in [1.29, 1.82) is 0 Å². The van der Waals surface area contributed by atoms with E-state index < -0.39 is 10.9 Å². The van der Waals surface area contributed by atoms with Crippen LogP contribution in [-0.2, 0) is 16.1 Å². The third kappa shape index (κ3) is 5.29. The molecule has 0 atom stereocenters. The summed E-state index contributed by atoms with van der Waals surface area (Å²) < 4.78 is 10.1. The third-order valence-corrected chi connectivity index (χ3v) is 3.54. The van der Waals surface area contributed by atoms with E-state index in [-0.39, 0.29) is 17.9 Å². The van der Waals surface area contributed by atoms with Gasteiger partial charge in [-0.15, -0.1) is 0 Å². The second kappa shape index (κ2) is 8.79. The molecule has 2 aromatic rings. The summed E-state index contributed by atoms with van der Waals surface area (Å²) in [5.41, 5.74) is 2.25. The number of hydrogen-bond donors (Lipinski definition) is 1. The van der Waals surface area contributed by atoms with Crippen molar-refractivity contribution < 1.29 is 19.2 Å². The van der Waals surface area contributed by atoms with Crippen LogP contribution in [0.1, 0.15) is 21.5 Å². The number of carbonyl (C=O) groups is 1. The van der Waals surface area contributed by atoms with Gasteiger partial charge in [-0.05, 0) is 24.6 Å². The van der Waals surface area contributed by atoms with Crippen LogP contribution >= 0.6 is 0 Å². The van der Waals surface area contributed by atoms with Crippen molar-refractivity contribution in [3.05, 3.63) is 69.3 Å². The Bertz CT molecular complexity index is 744. The van der Waals surface area contributed by atoms with Crippen LogP contribution < -0.4 is 5.32 Å². The van der Waals surface area contributed by atoms with Crippen molar-refractivity contribution in [1.82, 2.24) is 0 Å². The van der Waals surface area contributed by atoms with E-state index in [4.69, 9.17) is 9.47 Å². The first-order valence-corrected chi connectivity index (χ1v) is 7.75. The highest BCUT2D eigenvalue weighted by molar-refractivity contribution is 5.91. The zero-order valence-corrected chi connectivity index (χ0v) is 14.2. The van der Waals surface area contributed by atoms with Gasteiger partial charge >= 0.3 is 5.97 Å². The lowest BCUT2D eigenvalue weighted by Crippen LogP contribution is -2.11. The van der Waals surface area contributed by atoms with Crippen LogP contribution in [0.5, 0.6) is 0 Å². The van der Waals surface area contributed by atoms with E-state index >= 15 is 0 Å². The third-order valence-electron chi connectivity index (χ3n) is 3.54.